The normalized spacial score (nSPS) is 14.8. The summed E-state index contributed by atoms with van der Waals surface area (Å²) in [6, 6.07) is 14.2. The van der Waals surface area contributed by atoms with Crippen molar-refractivity contribution < 1.29 is 4.79 Å². The SMILES string of the molecule is CCc1ccccc1-n1cnnc1SCC(=O)N1CCN(Cc2ccccn2)CC1. The second kappa shape index (κ2) is 9.86. The van der Waals surface area contributed by atoms with Crippen LogP contribution in [0.25, 0.3) is 5.69 Å². The summed E-state index contributed by atoms with van der Waals surface area (Å²) in [5.74, 6) is 0.517. The van der Waals surface area contributed by atoms with Crippen LogP contribution in [-0.2, 0) is 17.8 Å². The van der Waals surface area contributed by atoms with Crippen molar-refractivity contribution in [1.29, 1.82) is 0 Å². The van der Waals surface area contributed by atoms with Crippen molar-refractivity contribution in [2.45, 2.75) is 25.0 Å². The lowest BCUT2D eigenvalue weighted by atomic mass is 10.1. The summed E-state index contributed by atoms with van der Waals surface area (Å²) < 4.78 is 1.97. The van der Waals surface area contributed by atoms with Gasteiger partial charge in [-0.05, 0) is 30.2 Å². The molecule has 1 amide bonds. The van der Waals surface area contributed by atoms with Crippen LogP contribution in [0.1, 0.15) is 18.2 Å². The zero-order valence-corrected chi connectivity index (χ0v) is 18.0. The highest BCUT2D eigenvalue weighted by Gasteiger charge is 2.22. The van der Waals surface area contributed by atoms with Gasteiger partial charge in [-0.1, -0.05) is 43.0 Å². The lowest BCUT2D eigenvalue weighted by Gasteiger charge is -2.34. The molecule has 156 valence electrons. The van der Waals surface area contributed by atoms with Crippen LogP contribution in [0.2, 0.25) is 0 Å². The maximum Gasteiger partial charge on any atom is 0.233 e. The van der Waals surface area contributed by atoms with Gasteiger partial charge in [0.05, 0.1) is 17.1 Å². The molecule has 0 saturated carbocycles. The van der Waals surface area contributed by atoms with Gasteiger partial charge >= 0.3 is 0 Å². The topological polar surface area (TPSA) is 67.2 Å². The van der Waals surface area contributed by atoms with Crippen LogP contribution in [-0.4, -0.2) is 67.4 Å². The molecule has 0 atom stereocenters. The lowest BCUT2D eigenvalue weighted by molar-refractivity contribution is -0.130. The van der Waals surface area contributed by atoms with Gasteiger partial charge in [0.25, 0.3) is 0 Å². The lowest BCUT2D eigenvalue weighted by Crippen LogP contribution is -2.48. The fourth-order valence-corrected chi connectivity index (χ4v) is 4.45. The number of aryl methyl sites for hydroxylation is 1. The van der Waals surface area contributed by atoms with Gasteiger partial charge in [0.1, 0.15) is 6.33 Å². The summed E-state index contributed by atoms with van der Waals surface area (Å²) in [4.78, 5) is 21.4. The first-order chi connectivity index (χ1) is 14.7. The van der Waals surface area contributed by atoms with E-state index in [0.717, 1.165) is 55.7 Å². The Labute approximate surface area is 181 Å². The average molecular weight is 423 g/mol. The Morgan fingerprint density at radius 2 is 1.87 bits per heavy atom. The number of hydrogen-bond acceptors (Lipinski definition) is 6. The predicted octanol–water partition coefficient (Wildman–Crippen LogP) is 2.66. The average Bonchev–Trinajstić information content (AvgIpc) is 3.27. The summed E-state index contributed by atoms with van der Waals surface area (Å²) >= 11 is 1.45. The first-order valence-electron chi connectivity index (χ1n) is 10.3. The number of amides is 1. The molecule has 2 aromatic heterocycles. The molecule has 0 radical (unpaired) electrons. The van der Waals surface area contributed by atoms with Crippen molar-refractivity contribution in [3.8, 4) is 5.69 Å². The Morgan fingerprint density at radius 3 is 2.63 bits per heavy atom. The fraction of sp³-hybridized carbons (Fsp3) is 0.364. The third-order valence-electron chi connectivity index (χ3n) is 5.31. The third-order valence-corrected chi connectivity index (χ3v) is 6.24. The van der Waals surface area contributed by atoms with E-state index in [1.165, 1.54) is 17.3 Å². The molecule has 0 bridgehead atoms. The van der Waals surface area contributed by atoms with Gasteiger partial charge in [0.2, 0.25) is 5.91 Å². The molecule has 30 heavy (non-hydrogen) atoms. The van der Waals surface area contributed by atoms with Crippen molar-refractivity contribution in [1.82, 2.24) is 29.5 Å². The maximum atomic E-state index is 12.7. The molecule has 3 aromatic rings. The number of benzene rings is 1. The Kier molecular flexibility index (Phi) is 6.76. The molecule has 0 spiro atoms. The zero-order chi connectivity index (χ0) is 20.8. The predicted molar refractivity (Wildman–Crippen MR) is 118 cm³/mol. The minimum Gasteiger partial charge on any atom is -0.339 e. The van der Waals surface area contributed by atoms with Gasteiger partial charge < -0.3 is 4.90 Å². The Hall–Kier alpha value is -2.71. The van der Waals surface area contributed by atoms with Crippen LogP contribution >= 0.6 is 11.8 Å². The molecule has 3 heterocycles. The second-order valence-electron chi connectivity index (χ2n) is 7.23. The maximum absolute atomic E-state index is 12.7. The Bertz CT molecular complexity index is 969. The van der Waals surface area contributed by atoms with E-state index in [2.05, 4.69) is 39.1 Å². The van der Waals surface area contributed by atoms with Gasteiger partial charge in [-0.3, -0.25) is 19.2 Å². The quantitative estimate of drug-likeness (QED) is 0.546. The van der Waals surface area contributed by atoms with Crippen molar-refractivity contribution in [3.63, 3.8) is 0 Å². The summed E-state index contributed by atoms with van der Waals surface area (Å²) in [5, 5.41) is 9.05. The van der Waals surface area contributed by atoms with Crippen LogP contribution in [0, 0.1) is 0 Å². The van der Waals surface area contributed by atoms with Crippen molar-refractivity contribution >= 4 is 17.7 Å². The highest BCUT2D eigenvalue weighted by atomic mass is 32.2. The minimum atomic E-state index is 0.149. The first-order valence-corrected chi connectivity index (χ1v) is 11.2. The monoisotopic (exact) mass is 422 g/mol. The summed E-state index contributed by atoms with van der Waals surface area (Å²) in [6.45, 7) is 6.19. The molecule has 1 saturated heterocycles. The molecule has 0 aliphatic carbocycles. The molecule has 8 heteroatoms. The molecule has 0 N–H and O–H groups in total. The molecule has 0 unspecified atom stereocenters. The molecule has 7 nitrogen and oxygen atoms in total. The Morgan fingerprint density at radius 1 is 1.07 bits per heavy atom. The van der Waals surface area contributed by atoms with Crippen LogP contribution in [0.5, 0.6) is 0 Å². The van der Waals surface area contributed by atoms with Crippen molar-refractivity contribution in [2.75, 3.05) is 31.9 Å². The van der Waals surface area contributed by atoms with E-state index < -0.39 is 0 Å². The highest BCUT2D eigenvalue weighted by Crippen LogP contribution is 2.23. The first kappa shape index (κ1) is 20.6. The molecular formula is C22H26N6OS. The molecule has 1 fully saturated rings. The van der Waals surface area contributed by atoms with E-state index >= 15 is 0 Å². The number of piperazine rings is 1. The largest absolute Gasteiger partial charge is 0.339 e. The third kappa shape index (κ3) is 4.88. The van der Waals surface area contributed by atoms with Crippen LogP contribution in [0.15, 0.2) is 60.1 Å². The standard InChI is InChI=1S/C22H26N6OS/c1-2-18-7-3-4-9-20(18)28-17-24-25-22(28)30-16-21(29)27-13-11-26(12-14-27)15-19-8-5-6-10-23-19/h3-10,17H,2,11-16H2,1H3. The van der Waals surface area contributed by atoms with Gasteiger partial charge in [-0.15, -0.1) is 10.2 Å². The number of nitrogens with zero attached hydrogens (tertiary/aromatic N) is 6. The number of thioether (sulfide) groups is 1. The second-order valence-corrected chi connectivity index (χ2v) is 8.17. The number of carbonyl (C=O) groups is 1. The van der Waals surface area contributed by atoms with E-state index in [9.17, 15) is 4.79 Å². The zero-order valence-electron chi connectivity index (χ0n) is 17.1. The number of pyridine rings is 1. The molecule has 1 aromatic carbocycles. The van der Waals surface area contributed by atoms with E-state index in [0.29, 0.717) is 5.75 Å². The van der Waals surface area contributed by atoms with Crippen LogP contribution in [0.3, 0.4) is 0 Å². The summed E-state index contributed by atoms with van der Waals surface area (Å²) in [7, 11) is 0. The van der Waals surface area contributed by atoms with Crippen molar-refractivity contribution in [2.24, 2.45) is 0 Å². The summed E-state index contributed by atoms with van der Waals surface area (Å²) in [5.41, 5.74) is 3.37. The molecular weight excluding hydrogens is 396 g/mol. The minimum absolute atomic E-state index is 0.149. The Balaban J connectivity index is 1.31. The molecule has 4 rings (SSSR count). The van der Waals surface area contributed by atoms with E-state index in [-0.39, 0.29) is 5.91 Å². The fourth-order valence-electron chi connectivity index (χ4n) is 3.63. The van der Waals surface area contributed by atoms with Crippen LogP contribution < -0.4 is 0 Å². The van der Waals surface area contributed by atoms with Gasteiger partial charge in [0.15, 0.2) is 5.16 Å². The van der Waals surface area contributed by atoms with Gasteiger partial charge in [0, 0.05) is 38.9 Å². The number of hydrogen-bond donors (Lipinski definition) is 0. The number of carbonyl (C=O) groups excluding carboxylic acids is 1. The van der Waals surface area contributed by atoms with Crippen LogP contribution in [0.4, 0.5) is 0 Å². The van der Waals surface area contributed by atoms with Crippen molar-refractivity contribution in [3.05, 3.63) is 66.2 Å². The smallest absolute Gasteiger partial charge is 0.233 e. The molecule has 1 aliphatic heterocycles. The number of aromatic nitrogens is 4. The van der Waals surface area contributed by atoms with E-state index in [1.807, 2.05) is 46.0 Å². The number of rotatable bonds is 7. The van der Waals surface area contributed by atoms with E-state index in [4.69, 9.17) is 0 Å². The summed E-state index contributed by atoms with van der Waals surface area (Å²) in [6.07, 6.45) is 4.47. The van der Waals surface area contributed by atoms with Gasteiger partial charge in [-0.25, -0.2) is 0 Å². The van der Waals surface area contributed by atoms with E-state index in [1.54, 1.807) is 6.33 Å². The number of para-hydroxylation sites is 1. The molecule has 1 aliphatic rings. The van der Waals surface area contributed by atoms with Gasteiger partial charge in [-0.2, -0.15) is 0 Å². The highest BCUT2D eigenvalue weighted by molar-refractivity contribution is 7.99.